The van der Waals surface area contributed by atoms with Gasteiger partial charge in [-0.25, -0.2) is 4.79 Å². The summed E-state index contributed by atoms with van der Waals surface area (Å²) in [6.07, 6.45) is -0.273. The third-order valence-corrected chi connectivity index (χ3v) is 3.22. The van der Waals surface area contributed by atoms with Gasteiger partial charge in [0.15, 0.2) is 0 Å². The number of benzene rings is 1. The van der Waals surface area contributed by atoms with E-state index in [9.17, 15) is 4.79 Å². The summed E-state index contributed by atoms with van der Waals surface area (Å²) in [6.45, 7) is 6.10. The predicted octanol–water partition coefficient (Wildman–Crippen LogP) is 3.67. The van der Waals surface area contributed by atoms with Crippen LogP contribution in [0.2, 0.25) is 0 Å². The Hall–Kier alpha value is -1.03. The number of halogens is 1. The smallest absolute Gasteiger partial charge is 0.404 e. The second-order valence-electron chi connectivity index (χ2n) is 5.20. The molecule has 0 aliphatic carbocycles. The van der Waals surface area contributed by atoms with E-state index in [4.69, 9.17) is 5.11 Å². The van der Waals surface area contributed by atoms with E-state index in [1.54, 1.807) is 0 Å². The number of hydrogen-bond donors (Lipinski definition) is 2. The number of carbonyl (C=O) groups is 1. The molecule has 2 N–H and O–H groups in total. The molecule has 0 saturated heterocycles. The van der Waals surface area contributed by atoms with E-state index >= 15 is 0 Å². The average molecular weight is 300 g/mol. The monoisotopic (exact) mass is 299 g/mol. The Morgan fingerprint density at radius 3 is 2.29 bits per heavy atom. The molecule has 94 valence electrons. The molecule has 17 heavy (non-hydrogen) atoms. The number of carboxylic acid groups (broad SMARTS) is 1. The lowest BCUT2D eigenvalue weighted by Gasteiger charge is -2.30. The van der Waals surface area contributed by atoms with Crippen LogP contribution in [0.15, 0.2) is 28.7 Å². The van der Waals surface area contributed by atoms with E-state index in [0.717, 1.165) is 10.0 Å². The van der Waals surface area contributed by atoms with Crippen LogP contribution >= 0.6 is 15.9 Å². The van der Waals surface area contributed by atoms with Crippen molar-refractivity contribution >= 4 is 22.0 Å². The molecule has 1 aromatic rings. The van der Waals surface area contributed by atoms with Crippen molar-refractivity contribution < 1.29 is 9.90 Å². The molecule has 0 saturated carbocycles. The van der Waals surface area contributed by atoms with Crippen molar-refractivity contribution in [1.29, 1.82) is 0 Å². The van der Waals surface area contributed by atoms with Crippen molar-refractivity contribution in [2.24, 2.45) is 5.41 Å². The van der Waals surface area contributed by atoms with E-state index in [1.165, 1.54) is 0 Å². The molecule has 0 aliphatic rings. The topological polar surface area (TPSA) is 49.3 Å². The van der Waals surface area contributed by atoms with Gasteiger partial charge in [-0.05, 0) is 29.5 Å². The standard InChI is InChI=1S/C13H18BrNO2/c1-13(2,3)11(15-12(16)17)8-9-4-6-10(14)7-5-9/h4-7,11,15H,8H2,1-3H3,(H,16,17)/t11-/m0/s1. The maximum atomic E-state index is 10.8. The maximum Gasteiger partial charge on any atom is 0.404 e. The average Bonchev–Trinajstić information content (AvgIpc) is 2.18. The van der Waals surface area contributed by atoms with Gasteiger partial charge >= 0.3 is 6.09 Å². The molecule has 0 fully saturated rings. The van der Waals surface area contributed by atoms with Gasteiger partial charge in [0.05, 0.1) is 0 Å². The van der Waals surface area contributed by atoms with Crippen LogP contribution < -0.4 is 5.32 Å². The van der Waals surface area contributed by atoms with Gasteiger partial charge in [-0.15, -0.1) is 0 Å². The Morgan fingerprint density at radius 2 is 1.88 bits per heavy atom. The lowest BCUT2D eigenvalue weighted by atomic mass is 9.83. The molecule has 1 aromatic carbocycles. The molecule has 0 bridgehead atoms. The second-order valence-corrected chi connectivity index (χ2v) is 6.11. The zero-order valence-corrected chi connectivity index (χ0v) is 11.9. The van der Waals surface area contributed by atoms with Gasteiger partial charge in [0.1, 0.15) is 0 Å². The van der Waals surface area contributed by atoms with E-state index in [-0.39, 0.29) is 11.5 Å². The van der Waals surface area contributed by atoms with Crippen molar-refractivity contribution in [1.82, 2.24) is 5.32 Å². The number of nitrogens with one attached hydrogen (secondary N) is 1. The number of rotatable bonds is 3. The minimum Gasteiger partial charge on any atom is -0.465 e. The van der Waals surface area contributed by atoms with E-state index in [2.05, 4.69) is 21.2 Å². The maximum absolute atomic E-state index is 10.8. The highest BCUT2D eigenvalue weighted by Gasteiger charge is 2.26. The molecule has 0 unspecified atom stereocenters. The van der Waals surface area contributed by atoms with E-state index in [0.29, 0.717) is 6.42 Å². The van der Waals surface area contributed by atoms with Gasteiger partial charge in [0, 0.05) is 10.5 Å². The molecule has 1 amide bonds. The van der Waals surface area contributed by atoms with Gasteiger partial charge in [-0.1, -0.05) is 48.8 Å². The van der Waals surface area contributed by atoms with Gasteiger partial charge in [-0.3, -0.25) is 0 Å². The van der Waals surface area contributed by atoms with Crippen molar-refractivity contribution in [2.45, 2.75) is 33.2 Å². The Kier molecular flexibility index (Phi) is 4.57. The summed E-state index contributed by atoms with van der Waals surface area (Å²) in [4.78, 5) is 10.8. The van der Waals surface area contributed by atoms with Gasteiger partial charge < -0.3 is 10.4 Å². The fourth-order valence-electron chi connectivity index (χ4n) is 1.58. The number of hydrogen-bond acceptors (Lipinski definition) is 1. The molecular weight excluding hydrogens is 282 g/mol. The quantitative estimate of drug-likeness (QED) is 0.894. The molecule has 1 atom stereocenters. The third-order valence-electron chi connectivity index (χ3n) is 2.70. The normalized spacial score (nSPS) is 13.2. The third kappa shape index (κ3) is 4.77. The van der Waals surface area contributed by atoms with Crippen LogP contribution in [0.3, 0.4) is 0 Å². The summed E-state index contributed by atoms with van der Waals surface area (Å²) in [5.41, 5.74) is 1.02. The van der Waals surface area contributed by atoms with Crippen molar-refractivity contribution in [2.75, 3.05) is 0 Å². The fourth-order valence-corrected chi connectivity index (χ4v) is 1.84. The number of amides is 1. The molecular formula is C13H18BrNO2. The predicted molar refractivity (Wildman–Crippen MR) is 72.2 cm³/mol. The Morgan fingerprint density at radius 1 is 1.35 bits per heavy atom. The van der Waals surface area contributed by atoms with E-state index in [1.807, 2.05) is 45.0 Å². The van der Waals surface area contributed by atoms with E-state index < -0.39 is 6.09 Å². The highest BCUT2D eigenvalue weighted by Crippen LogP contribution is 2.23. The van der Waals surface area contributed by atoms with Crippen LogP contribution in [0.4, 0.5) is 4.79 Å². The highest BCUT2D eigenvalue weighted by atomic mass is 79.9. The van der Waals surface area contributed by atoms with Crippen LogP contribution in [-0.2, 0) is 6.42 Å². The summed E-state index contributed by atoms with van der Waals surface area (Å²) < 4.78 is 1.03. The molecule has 4 heteroatoms. The first-order valence-electron chi connectivity index (χ1n) is 5.53. The Balaban J connectivity index is 2.79. The first-order chi connectivity index (χ1) is 7.79. The zero-order chi connectivity index (χ0) is 13.1. The van der Waals surface area contributed by atoms with Crippen LogP contribution in [0.5, 0.6) is 0 Å². The second kappa shape index (κ2) is 5.54. The van der Waals surface area contributed by atoms with Crippen LogP contribution in [0.25, 0.3) is 0 Å². The summed E-state index contributed by atoms with van der Waals surface area (Å²) in [6, 6.07) is 7.85. The lowest BCUT2D eigenvalue weighted by molar-refractivity contribution is 0.174. The Bertz CT molecular complexity index is 381. The first-order valence-corrected chi connectivity index (χ1v) is 6.32. The van der Waals surface area contributed by atoms with Crippen LogP contribution in [0.1, 0.15) is 26.3 Å². The Labute approximate surface area is 110 Å². The van der Waals surface area contributed by atoms with Crippen molar-refractivity contribution in [3.05, 3.63) is 34.3 Å². The molecule has 3 nitrogen and oxygen atoms in total. The van der Waals surface area contributed by atoms with Crippen LogP contribution in [-0.4, -0.2) is 17.2 Å². The molecule has 1 rings (SSSR count). The largest absolute Gasteiger partial charge is 0.465 e. The summed E-state index contributed by atoms with van der Waals surface area (Å²) in [5.74, 6) is 0. The summed E-state index contributed by atoms with van der Waals surface area (Å²) in [7, 11) is 0. The highest BCUT2D eigenvalue weighted by molar-refractivity contribution is 9.10. The lowest BCUT2D eigenvalue weighted by Crippen LogP contribution is -2.44. The first kappa shape index (κ1) is 14.0. The zero-order valence-electron chi connectivity index (χ0n) is 10.3. The summed E-state index contributed by atoms with van der Waals surface area (Å²) >= 11 is 3.38. The van der Waals surface area contributed by atoms with Gasteiger partial charge in [0.25, 0.3) is 0 Å². The SMILES string of the molecule is CC(C)(C)[C@H](Cc1ccc(Br)cc1)NC(=O)O. The van der Waals surface area contributed by atoms with Crippen molar-refractivity contribution in [3.63, 3.8) is 0 Å². The van der Waals surface area contributed by atoms with Crippen LogP contribution in [0, 0.1) is 5.41 Å². The minimum absolute atomic E-state index is 0.0961. The van der Waals surface area contributed by atoms with Crippen molar-refractivity contribution in [3.8, 4) is 0 Å². The summed E-state index contributed by atoms with van der Waals surface area (Å²) in [5, 5.41) is 11.4. The molecule has 0 spiro atoms. The molecule has 0 heterocycles. The van der Waals surface area contributed by atoms with Gasteiger partial charge in [-0.2, -0.15) is 0 Å². The van der Waals surface area contributed by atoms with Gasteiger partial charge in [0.2, 0.25) is 0 Å². The minimum atomic E-state index is -0.970. The molecule has 0 aromatic heterocycles. The molecule has 0 radical (unpaired) electrons. The molecule has 0 aliphatic heterocycles. The fraction of sp³-hybridized carbons (Fsp3) is 0.462.